The number of ether oxygens (including phenoxy) is 1. The fourth-order valence-electron chi connectivity index (χ4n) is 1.72. The average Bonchev–Trinajstić information content (AvgIpc) is 2.33. The lowest BCUT2D eigenvalue weighted by atomic mass is 10.1. The minimum absolute atomic E-state index is 0.397. The Bertz CT molecular complexity index is 441. The molecule has 0 aliphatic heterocycles. The Kier molecular flexibility index (Phi) is 3.34. The van der Waals surface area contributed by atoms with Crippen LogP contribution < -0.4 is 10.2 Å². The Labute approximate surface area is 93.8 Å². The molecule has 0 aliphatic rings. The van der Waals surface area contributed by atoms with E-state index in [1.807, 2.05) is 31.2 Å². The van der Waals surface area contributed by atoms with Crippen LogP contribution in [0.5, 0.6) is 5.75 Å². The second-order valence-electron chi connectivity index (χ2n) is 3.39. The van der Waals surface area contributed by atoms with Crippen LogP contribution in [0, 0.1) is 0 Å². The number of hydroxylamine groups is 1. The van der Waals surface area contributed by atoms with E-state index in [-0.39, 0.29) is 0 Å². The highest BCUT2D eigenvalue weighted by Crippen LogP contribution is 2.26. The molecule has 2 aromatic rings. The molecule has 2 N–H and O–H groups in total. The van der Waals surface area contributed by atoms with Crippen molar-refractivity contribution in [1.82, 2.24) is 10.5 Å². The number of pyridine rings is 1. The molecule has 0 spiro atoms. The number of hydrogen-bond acceptors (Lipinski definition) is 4. The molecule has 1 aromatic heterocycles. The van der Waals surface area contributed by atoms with Crippen LogP contribution in [0.4, 0.5) is 0 Å². The quantitative estimate of drug-likeness (QED) is 0.772. The van der Waals surface area contributed by atoms with E-state index in [9.17, 15) is 0 Å². The fraction of sp³-hybridized carbons (Fsp3) is 0.250. The molecule has 0 aliphatic carbocycles. The normalized spacial score (nSPS) is 10.6. The minimum atomic E-state index is 0.397. The summed E-state index contributed by atoms with van der Waals surface area (Å²) >= 11 is 0. The summed E-state index contributed by atoms with van der Waals surface area (Å²) in [5.41, 5.74) is 3.98. The zero-order chi connectivity index (χ0) is 11.4. The third-order valence-corrected chi connectivity index (χ3v) is 2.39. The number of fused-ring (bicyclic) bond motifs is 1. The highest BCUT2D eigenvalue weighted by atomic mass is 16.5. The van der Waals surface area contributed by atoms with Crippen molar-refractivity contribution in [2.75, 3.05) is 6.61 Å². The summed E-state index contributed by atoms with van der Waals surface area (Å²) in [5, 5.41) is 9.75. The maximum absolute atomic E-state index is 8.75. The van der Waals surface area contributed by atoms with Crippen molar-refractivity contribution < 1.29 is 9.94 Å². The van der Waals surface area contributed by atoms with Gasteiger partial charge < -0.3 is 9.94 Å². The van der Waals surface area contributed by atoms with Crippen molar-refractivity contribution in [3.8, 4) is 5.75 Å². The summed E-state index contributed by atoms with van der Waals surface area (Å²) in [6, 6.07) is 7.65. The SMILES string of the molecule is CCOc1ccc(CNO)c2cccnc12. The van der Waals surface area contributed by atoms with E-state index >= 15 is 0 Å². The Morgan fingerprint density at radius 3 is 3.00 bits per heavy atom. The van der Waals surface area contributed by atoms with Gasteiger partial charge in [-0.3, -0.25) is 4.98 Å². The summed E-state index contributed by atoms with van der Waals surface area (Å²) in [6.07, 6.45) is 1.74. The van der Waals surface area contributed by atoms with Crippen molar-refractivity contribution >= 4 is 10.9 Å². The predicted octanol–water partition coefficient (Wildman–Crippen LogP) is 2.11. The molecule has 0 bridgehead atoms. The minimum Gasteiger partial charge on any atom is -0.492 e. The summed E-state index contributed by atoms with van der Waals surface area (Å²) in [5.74, 6) is 0.778. The second-order valence-corrected chi connectivity index (χ2v) is 3.39. The third kappa shape index (κ3) is 1.98. The van der Waals surface area contributed by atoms with Gasteiger partial charge in [-0.2, -0.15) is 0 Å². The Morgan fingerprint density at radius 1 is 1.38 bits per heavy atom. The largest absolute Gasteiger partial charge is 0.492 e. The third-order valence-electron chi connectivity index (χ3n) is 2.39. The molecular weight excluding hydrogens is 204 g/mol. The van der Waals surface area contributed by atoms with Gasteiger partial charge in [0.25, 0.3) is 0 Å². The van der Waals surface area contributed by atoms with Crippen LogP contribution in [0.2, 0.25) is 0 Å². The van der Waals surface area contributed by atoms with Gasteiger partial charge >= 0.3 is 0 Å². The molecule has 4 heteroatoms. The van der Waals surface area contributed by atoms with Crippen LogP contribution >= 0.6 is 0 Å². The first kappa shape index (κ1) is 10.9. The molecule has 0 unspecified atom stereocenters. The van der Waals surface area contributed by atoms with E-state index in [1.54, 1.807) is 6.20 Å². The van der Waals surface area contributed by atoms with Crippen molar-refractivity contribution in [2.24, 2.45) is 0 Å². The molecule has 4 nitrogen and oxygen atoms in total. The predicted molar refractivity (Wildman–Crippen MR) is 61.5 cm³/mol. The highest BCUT2D eigenvalue weighted by Gasteiger charge is 2.06. The molecule has 0 saturated heterocycles. The molecule has 0 atom stereocenters. The lowest BCUT2D eigenvalue weighted by Gasteiger charge is -2.09. The number of nitrogens with one attached hydrogen (secondary N) is 1. The van der Waals surface area contributed by atoms with Crippen LogP contribution in [0.25, 0.3) is 10.9 Å². The summed E-state index contributed by atoms with van der Waals surface area (Å²) in [6.45, 7) is 2.95. The van der Waals surface area contributed by atoms with Gasteiger partial charge in [0.05, 0.1) is 6.61 Å². The van der Waals surface area contributed by atoms with Crippen LogP contribution in [0.15, 0.2) is 30.5 Å². The molecule has 0 saturated carbocycles. The first-order chi connectivity index (χ1) is 7.86. The van der Waals surface area contributed by atoms with Gasteiger partial charge in [0.1, 0.15) is 11.3 Å². The lowest BCUT2D eigenvalue weighted by molar-refractivity contribution is 0.161. The number of benzene rings is 1. The standard InChI is InChI=1S/C12H14N2O2/c1-2-16-11-6-5-9(8-14-15)10-4-3-7-13-12(10)11/h3-7,14-15H,2,8H2,1H3. The monoisotopic (exact) mass is 218 g/mol. The number of aromatic nitrogens is 1. The van der Waals surface area contributed by atoms with E-state index in [2.05, 4.69) is 10.5 Å². The van der Waals surface area contributed by atoms with E-state index in [0.717, 1.165) is 22.2 Å². The van der Waals surface area contributed by atoms with Gasteiger partial charge in [-0.05, 0) is 24.6 Å². The Morgan fingerprint density at radius 2 is 2.25 bits per heavy atom. The smallest absolute Gasteiger partial charge is 0.145 e. The van der Waals surface area contributed by atoms with Crippen molar-refractivity contribution in [1.29, 1.82) is 0 Å². The van der Waals surface area contributed by atoms with Crippen molar-refractivity contribution in [2.45, 2.75) is 13.5 Å². The van der Waals surface area contributed by atoms with E-state index in [1.165, 1.54) is 0 Å². The van der Waals surface area contributed by atoms with E-state index < -0.39 is 0 Å². The fourth-order valence-corrected chi connectivity index (χ4v) is 1.72. The first-order valence-electron chi connectivity index (χ1n) is 5.23. The van der Waals surface area contributed by atoms with E-state index in [0.29, 0.717) is 13.2 Å². The van der Waals surface area contributed by atoms with E-state index in [4.69, 9.17) is 9.94 Å². The molecule has 0 fully saturated rings. The summed E-state index contributed by atoms with van der Waals surface area (Å²) in [4.78, 5) is 4.31. The van der Waals surface area contributed by atoms with Crippen LogP contribution in [0.1, 0.15) is 12.5 Å². The van der Waals surface area contributed by atoms with Gasteiger partial charge in [-0.25, -0.2) is 5.48 Å². The molecule has 84 valence electrons. The first-order valence-corrected chi connectivity index (χ1v) is 5.23. The van der Waals surface area contributed by atoms with Gasteiger partial charge in [0.15, 0.2) is 0 Å². The van der Waals surface area contributed by atoms with Gasteiger partial charge in [-0.1, -0.05) is 12.1 Å². The zero-order valence-electron chi connectivity index (χ0n) is 9.10. The van der Waals surface area contributed by atoms with Crippen LogP contribution in [0.3, 0.4) is 0 Å². The van der Waals surface area contributed by atoms with Crippen molar-refractivity contribution in [3.63, 3.8) is 0 Å². The van der Waals surface area contributed by atoms with Gasteiger partial charge in [0, 0.05) is 18.1 Å². The van der Waals surface area contributed by atoms with Crippen LogP contribution in [-0.4, -0.2) is 16.8 Å². The Balaban J connectivity index is 2.57. The topological polar surface area (TPSA) is 54.4 Å². The molecule has 2 rings (SSSR count). The number of rotatable bonds is 4. The van der Waals surface area contributed by atoms with Gasteiger partial charge in [0.2, 0.25) is 0 Å². The number of hydrogen-bond donors (Lipinski definition) is 2. The summed E-state index contributed by atoms with van der Waals surface area (Å²) < 4.78 is 5.51. The highest BCUT2D eigenvalue weighted by molar-refractivity contribution is 5.87. The molecule has 1 aromatic carbocycles. The molecule has 16 heavy (non-hydrogen) atoms. The molecule has 0 radical (unpaired) electrons. The van der Waals surface area contributed by atoms with Crippen LogP contribution in [-0.2, 0) is 6.54 Å². The zero-order valence-corrected chi connectivity index (χ0v) is 9.10. The maximum atomic E-state index is 8.75. The van der Waals surface area contributed by atoms with Crippen molar-refractivity contribution in [3.05, 3.63) is 36.0 Å². The number of nitrogens with zero attached hydrogens (tertiary/aromatic N) is 1. The Hall–Kier alpha value is -1.65. The second kappa shape index (κ2) is 4.92. The molecule has 1 heterocycles. The lowest BCUT2D eigenvalue weighted by Crippen LogP contribution is -2.07. The molecule has 0 amide bonds. The molecular formula is C12H14N2O2. The summed E-state index contributed by atoms with van der Waals surface area (Å²) in [7, 11) is 0. The van der Waals surface area contributed by atoms with Gasteiger partial charge in [-0.15, -0.1) is 0 Å². The average molecular weight is 218 g/mol. The maximum Gasteiger partial charge on any atom is 0.145 e.